The van der Waals surface area contributed by atoms with E-state index in [-0.39, 0.29) is 5.92 Å². The largest absolute Gasteiger partial charge is 0.378 e. The first-order chi connectivity index (χ1) is 21.0. The van der Waals surface area contributed by atoms with E-state index in [0.29, 0.717) is 17.3 Å². The average molecular weight is 614 g/mol. The van der Waals surface area contributed by atoms with Crippen LogP contribution in [0.15, 0.2) is 93.9 Å². The number of morpholine rings is 1. The third-order valence-corrected chi connectivity index (χ3v) is 9.14. The second-order valence-electron chi connectivity index (χ2n) is 10.0. The molecule has 43 heavy (non-hydrogen) atoms. The van der Waals surface area contributed by atoms with Gasteiger partial charge in [-0.2, -0.15) is 0 Å². The summed E-state index contributed by atoms with van der Waals surface area (Å²) in [5.41, 5.74) is 4.02. The molecule has 11 heteroatoms. The maximum Gasteiger partial charge on any atom is 0.150 e. The number of ether oxygens (including phenoxy) is 1. The minimum absolute atomic E-state index is 0.247. The molecule has 4 aromatic rings. The standard InChI is InChI=1S/C32H35N7O2S2/c1-23(2)32-37-30(24-8-7-9-25(20-24)38-43(40)27-10-5-4-6-11-27)31(42-32)28(33-3)14-15-34-22-36-26-12-13-29(35-21-26)39-16-18-41-19-17-39/h4-15,20-21,23,36,38H,3,16-19,22H2,1-2H3/b28-14-,34-15-. The number of thiazole rings is 1. The van der Waals surface area contributed by atoms with E-state index in [4.69, 9.17) is 9.72 Å². The van der Waals surface area contributed by atoms with E-state index in [9.17, 15) is 4.21 Å². The van der Waals surface area contributed by atoms with Crippen molar-refractivity contribution in [3.63, 3.8) is 0 Å². The number of hydrogen-bond donors (Lipinski definition) is 2. The first-order valence-electron chi connectivity index (χ1n) is 14.1. The zero-order valence-corrected chi connectivity index (χ0v) is 25.9. The summed E-state index contributed by atoms with van der Waals surface area (Å²) in [4.78, 5) is 22.2. The summed E-state index contributed by atoms with van der Waals surface area (Å²) in [6, 6.07) is 21.1. The molecule has 9 nitrogen and oxygen atoms in total. The van der Waals surface area contributed by atoms with Crippen LogP contribution < -0.4 is 14.9 Å². The minimum atomic E-state index is -1.38. The van der Waals surface area contributed by atoms with Gasteiger partial charge >= 0.3 is 0 Å². The van der Waals surface area contributed by atoms with E-state index >= 15 is 0 Å². The summed E-state index contributed by atoms with van der Waals surface area (Å²) in [7, 11) is -1.38. The van der Waals surface area contributed by atoms with Crippen molar-refractivity contribution >= 4 is 58.1 Å². The highest BCUT2D eigenvalue weighted by molar-refractivity contribution is 7.86. The van der Waals surface area contributed by atoms with Crippen molar-refractivity contribution in [1.29, 1.82) is 0 Å². The molecule has 2 N–H and O–H groups in total. The average Bonchev–Trinajstić information content (AvgIpc) is 3.50. The van der Waals surface area contributed by atoms with Crippen molar-refractivity contribution in [1.82, 2.24) is 9.97 Å². The van der Waals surface area contributed by atoms with Crippen molar-refractivity contribution in [2.45, 2.75) is 24.7 Å². The van der Waals surface area contributed by atoms with Crippen LogP contribution in [0.3, 0.4) is 0 Å². The molecular formula is C32H35N7O2S2. The predicted molar refractivity (Wildman–Crippen MR) is 180 cm³/mol. The molecule has 1 saturated heterocycles. The number of nitrogens with zero attached hydrogens (tertiary/aromatic N) is 5. The monoisotopic (exact) mass is 613 g/mol. The molecule has 1 fully saturated rings. The molecule has 222 valence electrons. The number of anilines is 3. The fourth-order valence-electron chi connectivity index (χ4n) is 4.38. The molecule has 1 atom stereocenters. The molecule has 2 aromatic heterocycles. The molecule has 0 saturated carbocycles. The lowest BCUT2D eigenvalue weighted by atomic mass is 10.1. The molecule has 0 bridgehead atoms. The highest BCUT2D eigenvalue weighted by Crippen LogP contribution is 2.37. The number of benzene rings is 2. The van der Waals surface area contributed by atoms with E-state index in [2.05, 4.69) is 50.5 Å². The zero-order chi connectivity index (χ0) is 30.0. The first kappa shape index (κ1) is 30.3. The quantitative estimate of drug-likeness (QED) is 0.177. The number of pyridine rings is 1. The van der Waals surface area contributed by atoms with Gasteiger partial charge in [-0.25, -0.2) is 14.2 Å². The van der Waals surface area contributed by atoms with Gasteiger partial charge in [-0.3, -0.25) is 9.98 Å². The van der Waals surface area contributed by atoms with Crippen molar-refractivity contribution in [3.8, 4) is 11.3 Å². The third-order valence-electron chi connectivity index (χ3n) is 6.64. The van der Waals surface area contributed by atoms with E-state index in [1.807, 2.05) is 79.0 Å². The fourth-order valence-corrected chi connectivity index (χ4v) is 6.32. The Morgan fingerprint density at radius 1 is 1.12 bits per heavy atom. The van der Waals surface area contributed by atoms with Crippen molar-refractivity contribution in [3.05, 3.63) is 88.9 Å². The molecular weight excluding hydrogens is 579 g/mol. The zero-order valence-electron chi connectivity index (χ0n) is 24.3. The predicted octanol–water partition coefficient (Wildman–Crippen LogP) is 6.48. The number of nitrogens with one attached hydrogen (secondary N) is 2. The molecule has 0 amide bonds. The number of aromatic nitrogens is 2. The van der Waals surface area contributed by atoms with Crippen LogP contribution in [0.25, 0.3) is 17.0 Å². The molecule has 1 unspecified atom stereocenters. The van der Waals surface area contributed by atoms with E-state index in [1.165, 1.54) is 0 Å². The summed E-state index contributed by atoms with van der Waals surface area (Å²) in [5, 5.41) is 4.27. The van der Waals surface area contributed by atoms with Gasteiger partial charge in [0.1, 0.15) is 23.5 Å². The number of rotatable bonds is 12. The second kappa shape index (κ2) is 14.8. The molecule has 3 heterocycles. The maximum atomic E-state index is 12.8. The van der Waals surface area contributed by atoms with Crippen molar-refractivity contribution in [2.24, 2.45) is 9.98 Å². The topological polar surface area (TPSA) is 104 Å². The Kier molecular flexibility index (Phi) is 10.4. The fraction of sp³-hybridized carbons (Fsp3) is 0.250. The number of hydrogen-bond acceptors (Lipinski definition) is 9. The summed E-state index contributed by atoms with van der Waals surface area (Å²) in [5.74, 6) is 1.20. The molecule has 0 radical (unpaired) electrons. The van der Waals surface area contributed by atoms with Gasteiger partial charge in [0, 0.05) is 36.5 Å². The van der Waals surface area contributed by atoms with Gasteiger partial charge in [0.15, 0.2) is 0 Å². The normalized spacial score (nSPS) is 14.7. The summed E-state index contributed by atoms with van der Waals surface area (Å²) in [6.07, 6.45) is 5.40. The molecule has 1 aliphatic rings. The van der Waals surface area contributed by atoms with Crippen LogP contribution >= 0.6 is 11.3 Å². The Hall–Kier alpha value is -4.19. The minimum Gasteiger partial charge on any atom is -0.378 e. The lowest BCUT2D eigenvalue weighted by Crippen LogP contribution is -2.36. The van der Waals surface area contributed by atoms with Gasteiger partial charge in [0.05, 0.1) is 51.3 Å². The first-order valence-corrected chi connectivity index (χ1v) is 16.0. The maximum absolute atomic E-state index is 12.8. The smallest absolute Gasteiger partial charge is 0.150 e. The van der Waals surface area contributed by atoms with Gasteiger partial charge in [-0.15, -0.1) is 11.3 Å². The second-order valence-corrected chi connectivity index (χ2v) is 12.3. The van der Waals surface area contributed by atoms with Gasteiger partial charge in [0.2, 0.25) is 0 Å². The van der Waals surface area contributed by atoms with Gasteiger partial charge in [0.25, 0.3) is 0 Å². The molecule has 5 rings (SSSR count). The summed E-state index contributed by atoms with van der Waals surface area (Å²) < 4.78 is 21.4. The Balaban J connectivity index is 1.29. The Morgan fingerprint density at radius 3 is 2.65 bits per heavy atom. The van der Waals surface area contributed by atoms with Crippen LogP contribution in [-0.2, 0) is 15.7 Å². The highest BCUT2D eigenvalue weighted by Gasteiger charge is 2.18. The van der Waals surface area contributed by atoms with Gasteiger partial charge < -0.3 is 19.7 Å². The van der Waals surface area contributed by atoms with Crippen molar-refractivity contribution in [2.75, 3.05) is 47.9 Å². The van der Waals surface area contributed by atoms with Crippen LogP contribution in [0.4, 0.5) is 17.2 Å². The van der Waals surface area contributed by atoms with Gasteiger partial charge in [-0.1, -0.05) is 44.2 Å². The lowest BCUT2D eigenvalue weighted by molar-refractivity contribution is 0.122. The number of aliphatic imine (C=N–C) groups is 2. The lowest BCUT2D eigenvalue weighted by Gasteiger charge is -2.27. The SMILES string of the molecule is C=N/C(=C\C=N/CNc1ccc(N2CCOCC2)nc1)c1sc(C(C)C)nc1-c1cccc(NS(=O)c2ccccc2)c1. The summed E-state index contributed by atoms with van der Waals surface area (Å²) in [6.45, 7) is 11.6. The summed E-state index contributed by atoms with van der Waals surface area (Å²) >= 11 is 1.59. The Morgan fingerprint density at radius 2 is 1.93 bits per heavy atom. The number of allylic oxidation sites excluding steroid dienone is 1. The van der Waals surface area contributed by atoms with E-state index in [0.717, 1.165) is 64.6 Å². The molecule has 2 aromatic carbocycles. The Labute approximate surface area is 259 Å². The van der Waals surface area contributed by atoms with Crippen LogP contribution in [0.5, 0.6) is 0 Å². The van der Waals surface area contributed by atoms with Crippen LogP contribution in [0.2, 0.25) is 0 Å². The Bertz CT molecular complexity index is 1600. The molecule has 1 aliphatic heterocycles. The van der Waals surface area contributed by atoms with E-state index < -0.39 is 11.0 Å². The van der Waals surface area contributed by atoms with Crippen LogP contribution in [-0.4, -0.2) is 60.1 Å². The van der Waals surface area contributed by atoms with E-state index in [1.54, 1.807) is 17.6 Å². The molecule has 0 aliphatic carbocycles. The van der Waals surface area contributed by atoms with Crippen molar-refractivity contribution < 1.29 is 8.95 Å². The highest BCUT2D eigenvalue weighted by atomic mass is 32.2. The third kappa shape index (κ3) is 8.01. The molecule has 0 spiro atoms. The van der Waals surface area contributed by atoms with Gasteiger partial charge in [-0.05, 0) is 49.2 Å². The van der Waals surface area contributed by atoms with Crippen LogP contribution in [0, 0.1) is 0 Å². The van der Waals surface area contributed by atoms with Crippen LogP contribution in [0.1, 0.15) is 29.7 Å².